The summed E-state index contributed by atoms with van der Waals surface area (Å²) in [5.74, 6) is 0.581. The molecule has 2 aromatic rings. The van der Waals surface area contributed by atoms with Crippen molar-refractivity contribution in [1.29, 1.82) is 0 Å². The van der Waals surface area contributed by atoms with Crippen molar-refractivity contribution in [2.45, 2.75) is 19.9 Å². The molecule has 1 N–H and O–H groups in total. The Kier molecular flexibility index (Phi) is 4.51. The number of hydrogen-bond acceptors (Lipinski definition) is 3. The molecule has 0 spiro atoms. The number of fused-ring (bicyclic) bond motifs is 1. The minimum Gasteiger partial charge on any atom is -0.497 e. The summed E-state index contributed by atoms with van der Waals surface area (Å²) >= 11 is 0. The van der Waals surface area contributed by atoms with Crippen molar-refractivity contribution in [3.8, 4) is 5.75 Å². The zero-order chi connectivity index (χ0) is 17.1. The lowest BCUT2D eigenvalue weighted by Crippen LogP contribution is -2.25. The summed E-state index contributed by atoms with van der Waals surface area (Å²) in [7, 11) is 1.58. The highest BCUT2D eigenvalue weighted by atomic mass is 16.5. The summed E-state index contributed by atoms with van der Waals surface area (Å²) in [4.78, 5) is 25.6. The van der Waals surface area contributed by atoms with Gasteiger partial charge >= 0.3 is 0 Å². The number of carbonyl (C=O) groups excluding carboxylic acids is 2. The topological polar surface area (TPSA) is 58.6 Å². The molecule has 1 heterocycles. The third-order valence-electron chi connectivity index (χ3n) is 4.20. The summed E-state index contributed by atoms with van der Waals surface area (Å²) in [5, 5.41) is 2.92. The molecule has 0 aromatic heterocycles. The number of hydrogen-bond donors (Lipinski definition) is 1. The van der Waals surface area contributed by atoms with Gasteiger partial charge in [0.05, 0.1) is 7.11 Å². The lowest BCUT2D eigenvalue weighted by Gasteiger charge is -2.15. The average molecular weight is 324 g/mol. The first-order valence-electron chi connectivity index (χ1n) is 7.90. The molecule has 0 aliphatic carbocycles. The van der Waals surface area contributed by atoms with Crippen LogP contribution in [0.15, 0.2) is 42.5 Å². The first-order valence-corrected chi connectivity index (χ1v) is 7.90. The maximum atomic E-state index is 12.2. The summed E-state index contributed by atoms with van der Waals surface area (Å²) in [6, 6.07) is 13.0. The van der Waals surface area contributed by atoms with Gasteiger partial charge in [-0.1, -0.05) is 18.2 Å². The van der Waals surface area contributed by atoms with Gasteiger partial charge in [0.15, 0.2) is 0 Å². The number of nitrogens with zero attached hydrogens (tertiary/aromatic N) is 1. The standard InChI is InChI=1S/C19H20N2O3/c1-13(22)21-9-8-15-10-14(6-7-18(15)21)12-20-19(23)16-4-3-5-17(11-16)24-2/h3-7,10-11H,8-9,12H2,1-2H3,(H,20,23). The summed E-state index contributed by atoms with van der Waals surface area (Å²) in [6.07, 6.45) is 0.854. The second-order valence-electron chi connectivity index (χ2n) is 5.80. The predicted molar refractivity (Wildman–Crippen MR) is 92.3 cm³/mol. The molecule has 2 aromatic carbocycles. The molecule has 24 heavy (non-hydrogen) atoms. The van der Waals surface area contributed by atoms with E-state index in [2.05, 4.69) is 11.4 Å². The molecule has 1 aliphatic heterocycles. The fraction of sp³-hybridized carbons (Fsp3) is 0.263. The van der Waals surface area contributed by atoms with Crippen LogP contribution in [0, 0.1) is 0 Å². The van der Waals surface area contributed by atoms with Crippen molar-refractivity contribution in [3.63, 3.8) is 0 Å². The largest absolute Gasteiger partial charge is 0.497 e. The Labute approximate surface area is 141 Å². The zero-order valence-electron chi connectivity index (χ0n) is 13.8. The Morgan fingerprint density at radius 3 is 2.79 bits per heavy atom. The van der Waals surface area contributed by atoms with Gasteiger partial charge in [-0.2, -0.15) is 0 Å². The van der Waals surface area contributed by atoms with Crippen molar-refractivity contribution in [2.24, 2.45) is 0 Å². The number of carbonyl (C=O) groups is 2. The van der Waals surface area contributed by atoms with E-state index in [0.29, 0.717) is 17.9 Å². The van der Waals surface area contributed by atoms with E-state index < -0.39 is 0 Å². The first-order chi connectivity index (χ1) is 11.6. The third kappa shape index (κ3) is 3.25. The molecular weight excluding hydrogens is 304 g/mol. The van der Waals surface area contributed by atoms with Gasteiger partial charge in [0.25, 0.3) is 5.91 Å². The number of ether oxygens (including phenoxy) is 1. The van der Waals surface area contributed by atoms with E-state index in [9.17, 15) is 9.59 Å². The second-order valence-corrected chi connectivity index (χ2v) is 5.80. The van der Waals surface area contributed by atoms with Crippen LogP contribution < -0.4 is 15.0 Å². The van der Waals surface area contributed by atoms with Gasteiger partial charge in [0.1, 0.15) is 5.75 Å². The average Bonchev–Trinajstić information content (AvgIpc) is 3.03. The summed E-state index contributed by atoms with van der Waals surface area (Å²) < 4.78 is 5.14. The predicted octanol–water partition coefficient (Wildman–Crippen LogP) is 2.53. The van der Waals surface area contributed by atoms with Crippen molar-refractivity contribution in [1.82, 2.24) is 5.32 Å². The maximum absolute atomic E-state index is 12.2. The Bertz CT molecular complexity index is 786. The highest BCUT2D eigenvalue weighted by Gasteiger charge is 2.22. The maximum Gasteiger partial charge on any atom is 0.251 e. The SMILES string of the molecule is COc1cccc(C(=O)NCc2ccc3c(c2)CCN3C(C)=O)c1. The molecule has 2 amide bonds. The Morgan fingerprint density at radius 1 is 1.21 bits per heavy atom. The molecule has 0 saturated heterocycles. The van der Waals surface area contributed by atoms with E-state index >= 15 is 0 Å². The molecule has 1 aliphatic rings. The van der Waals surface area contributed by atoms with Crippen LogP contribution in [-0.2, 0) is 17.8 Å². The van der Waals surface area contributed by atoms with Crippen molar-refractivity contribution in [3.05, 3.63) is 59.2 Å². The molecule has 0 atom stereocenters. The van der Waals surface area contributed by atoms with Crippen molar-refractivity contribution in [2.75, 3.05) is 18.6 Å². The van der Waals surface area contributed by atoms with Crippen LogP contribution in [0.3, 0.4) is 0 Å². The highest BCUT2D eigenvalue weighted by Crippen LogP contribution is 2.28. The van der Waals surface area contributed by atoms with Crippen LogP contribution in [0.4, 0.5) is 5.69 Å². The Hall–Kier alpha value is -2.82. The van der Waals surface area contributed by atoms with Crippen molar-refractivity contribution >= 4 is 17.5 Å². The minimum atomic E-state index is -0.139. The second kappa shape index (κ2) is 6.74. The number of anilines is 1. The number of nitrogens with one attached hydrogen (secondary N) is 1. The number of rotatable bonds is 4. The van der Waals surface area contributed by atoms with Gasteiger partial charge in [0, 0.05) is 31.3 Å². The van der Waals surface area contributed by atoms with Crippen molar-refractivity contribution < 1.29 is 14.3 Å². The molecule has 0 radical (unpaired) electrons. The van der Waals surface area contributed by atoms with E-state index in [1.807, 2.05) is 12.1 Å². The molecule has 0 bridgehead atoms. The van der Waals surface area contributed by atoms with Crippen LogP contribution in [-0.4, -0.2) is 25.5 Å². The van der Waals surface area contributed by atoms with Gasteiger partial charge in [-0.15, -0.1) is 0 Å². The lowest BCUT2D eigenvalue weighted by atomic mass is 10.1. The normalized spacial score (nSPS) is 12.7. The number of amides is 2. The van der Waals surface area contributed by atoms with Gasteiger partial charge in [-0.25, -0.2) is 0 Å². The lowest BCUT2D eigenvalue weighted by molar-refractivity contribution is -0.116. The van der Waals surface area contributed by atoms with E-state index in [0.717, 1.165) is 29.8 Å². The molecule has 0 unspecified atom stereocenters. The molecule has 0 fully saturated rings. The molecule has 3 rings (SSSR count). The van der Waals surface area contributed by atoms with Crippen LogP contribution in [0.5, 0.6) is 5.75 Å². The summed E-state index contributed by atoms with van der Waals surface area (Å²) in [6.45, 7) is 2.76. The van der Waals surface area contributed by atoms with E-state index in [1.165, 1.54) is 0 Å². The van der Waals surface area contributed by atoms with Crippen LogP contribution >= 0.6 is 0 Å². The van der Waals surface area contributed by atoms with E-state index in [4.69, 9.17) is 4.74 Å². The van der Waals surface area contributed by atoms with Gasteiger partial charge in [-0.05, 0) is 41.8 Å². The van der Waals surface area contributed by atoms with E-state index in [-0.39, 0.29) is 11.8 Å². The summed E-state index contributed by atoms with van der Waals surface area (Å²) in [5.41, 5.74) is 3.72. The third-order valence-corrected chi connectivity index (χ3v) is 4.20. The molecular formula is C19H20N2O3. The number of methoxy groups -OCH3 is 1. The van der Waals surface area contributed by atoms with Gasteiger partial charge < -0.3 is 15.0 Å². The Balaban J connectivity index is 1.67. The van der Waals surface area contributed by atoms with Gasteiger partial charge in [-0.3, -0.25) is 9.59 Å². The monoisotopic (exact) mass is 324 g/mol. The fourth-order valence-electron chi connectivity index (χ4n) is 2.94. The van der Waals surface area contributed by atoms with Gasteiger partial charge in [0.2, 0.25) is 5.91 Å². The smallest absolute Gasteiger partial charge is 0.251 e. The Morgan fingerprint density at radius 2 is 2.04 bits per heavy atom. The van der Waals surface area contributed by atoms with Crippen LogP contribution in [0.1, 0.15) is 28.4 Å². The first kappa shape index (κ1) is 16.1. The zero-order valence-corrected chi connectivity index (χ0v) is 13.8. The molecule has 5 nitrogen and oxygen atoms in total. The molecule has 124 valence electrons. The van der Waals surface area contributed by atoms with E-state index in [1.54, 1.807) is 43.2 Å². The fourth-order valence-corrected chi connectivity index (χ4v) is 2.94. The quantitative estimate of drug-likeness (QED) is 0.940. The molecule has 5 heteroatoms. The molecule has 0 saturated carbocycles. The highest BCUT2D eigenvalue weighted by molar-refractivity contribution is 5.95. The van der Waals surface area contributed by atoms with Crippen LogP contribution in [0.2, 0.25) is 0 Å². The number of benzene rings is 2. The van der Waals surface area contributed by atoms with Crippen LogP contribution in [0.25, 0.3) is 0 Å². The minimum absolute atomic E-state index is 0.0628.